The number of aromatic nitrogens is 4. The monoisotopic (exact) mass is 457 g/mol. The number of nitrogens with one attached hydrogen (secondary N) is 1. The van der Waals surface area contributed by atoms with Gasteiger partial charge in [0.1, 0.15) is 12.0 Å². The molecule has 0 spiro atoms. The summed E-state index contributed by atoms with van der Waals surface area (Å²) in [6.07, 6.45) is 10.6. The van der Waals surface area contributed by atoms with E-state index in [1.165, 1.54) is 72.1 Å². The average Bonchev–Trinajstić information content (AvgIpc) is 3.42. The van der Waals surface area contributed by atoms with Crippen molar-refractivity contribution < 1.29 is 4.74 Å². The quantitative estimate of drug-likeness (QED) is 0.433. The summed E-state index contributed by atoms with van der Waals surface area (Å²) in [6, 6.07) is 7.85. The van der Waals surface area contributed by atoms with Crippen LogP contribution in [0, 0.1) is 0 Å². The molecule has 6 heteroatoms. The lowest BCUT2D eigenvalue weighted by atomic mass is 9.86. The van der Waals surface area contributed by atoms with E-state index in [-0.39, 0.29) is 0 Å². The highest BCUT2D eigenvalue weighted by atomic mass is 16.5. The van der Waals surface area contributed by atoms with Gasteiger partial charge in [0.25, 0.3) is 0 Å². The number of hydrogen-bond acceptors (Lipinski definition) is 4. The Bertz CT molecular complexity index is 1310. The second-order valence-corrected chi connectivity index (χ2v) is 10.4. The Morgan fingerprint density at radius 2 is 1.85 bits per heavy atom. The van der Waals surface area contributed by atoms with Crippen molar-refractivity contribution in [3.8, 4) is 11.3 Å². The smallest absolute Gasteiger partial charge is 0.143 e. The molecule has 2 aliphatic heterocycles. The third-order valence-corrected chi connectivity index (χ3v) is 8.06. The molecule has 6 rings (SSSR count). The Morgan fingerprint density at radius 3 is 2.62 bits per heavy atom. The van der Waals surface area contributed by atoms with Gasteiger partial charge in [-0.3, -0.25) is 0 Å². The minimum absolute atomic E-state index is 0.411. The lowest BCUT2D eigenvalue weighted by Crippen LogP contribution is -2.43. The zero-order valence-electron chi connectivity index (χ0n) is 20.6. The van der Waals surface area contributed by atoms with E-state index < -0.39 is 0 Å². The Balaban J connectivity index is 1.33. The van der Waals surface area contributed by atoms with Crippen molar-refractivity contribution in [3.63, 3.8) is 0 Å². The van der Waals surface area contributed by atoms with Crippen LogP contribution >= 0.6 is 0 Å². The van der Waals surface area contributed by atoms with E-state index in [1.807, 2.05) is 6.20 Å². The van der Waals surface area contributed by atoms with Gasteiger partial charge in [-0.2, -0.15) is 0 Å². The first-order chi connectivity index (χ1) is 16.6. The number of aryl methyl sites for hydroxylation is 1. The second-order valence-electron chi connectivity index (χ2n) is 10.4. The summed E-state index contributed by atoms with van der Waals surface area (Å²) in [5.41, 5.74) is 7.47. The first kappa shape index (κ1) is 21.8. The standard InChI is InChI=1S/C28H35N5O/c1-18(2)26-22-14-20(19-6-10-33(11-7-19)21-8-12-34-13-9-21)4-5-25(22)31-27(26)24-16-32(3)28-23(24)15-29-17-30-28/h4-5,14-19,21,31H,6-13H2,1-3H3. The molecule has 0 radical (unpaired) electrons. The summed E-state index contributed by atoms with van der Waals surface area (Å²) in [6.45, 7) is 8.87. The molecule has 2 fully saturated rings. The first-order valence-electron chi connectivity index (χ1n) is 12.8. The normalized spacial score (nSPS) is 19.1. The van der Waals surface area contributed by atoms with Gasteiger partial charge < -0.3 is 19.2 Å². The average molecular weight is 458 g/mol. The molecule has 5 heterocycles. The molecule has 1 aromatic carbocycles. The van der Waals surface area contributed by atoms with E-state index >= 15 is 0 Å². The fraction of sp³-hybridized carbons (Fsp3) is 0.500. The summed E-state index contributed by atoms with van der Waals surface area (Å²) < 4.78 is 7.67. The van der Waals surface area contributed by atoms with Crippen LogP contribution in [0.15, 0.2) is 36.9 Å². The van der Waals surface area contributed by atoms with Crippen LogP contribution in [0.2, 0.25) is 0 Å². The number of benzene rings is 1. The zero-order chi connectivity index (χ0) is 23.2. The van der Waals surface area contributed by atoms with Gasteiger partial charge in [-0.05, 0) is 73.9 Å². The van der Waals surface area contributed by atoms with Gasteiger partial charge in [0.2, 0.25) is 0 Å². The Labute approximate surface area is 201 Å². The van der Waals surface area contributed by atoms with E-state index in [9.17, 15) is 0 Å². The molecule has 1 N–H and O–H groups in total. The fourth-order valence-corrected chi connectivity index (χ4v) is 6.26. The molecular formula is C28H35N5O. The third-order valence-electron chi connectivity index (χ3n) is 8.06. The molecule has 0 atom stereocenters. The molecule has 2 saturated heterocycles. The minimum atomic E-state index is 0.411. The summed E-state index contributed by atoms with van der Waals surface area (Å²) in [7, 11) is 2.06. The van der Waals surface area contributed by atoms with E-state index in [0.717, 1.165) is 30.3 Å². The number of aromatic amines is 1. The van der Waals surface area contributed by atoms with Crippen molar-refractivity contribution in [1.29, 1.82) is 0 Å². The summed E-state index contributed by atoms with van der Waals surface area (Å²) >= 11 is 0. The van der Waals surface area contributed by atoms with Crippen LogP contribution in [-0.4, -0.2) is 56.8 Å². The topological polar surface area (TPSA) is 59.0 Å². The van der Waals surface area contributed by atoms with Gasteiger partial charge in [0.15, 0.2) is 0 Å². The largest absolute Gasteiger partial charge is 0.381 e. The predicted octanol–water partition coefficient (Wildman–Crippen LogP) is 5.60. The minimum Gasteiger partial charge on any atom is -0.381 e. The molecule has 0 saturated carbocycles. The Kier molecular flexibility index (Phi) is 5.66. The number of rotatable bonds is 4. The lowest BCUT2D eigenvalue weighted by molar-refractivity contribution is 0.0252. The lowest BCUT2D eigenvalue weighted by Gasteiger charge is -2.39. The SMILES string of the molecule is CC(C)c1c(-c2cn(C)c3ncncc23)[nH]c2ccc(C3CCN(C4CCOCC4)CC3)cc12. The van der Waals surface area contributed by atoms with Crippen molar-refractivity contribution in [2.75, 3.05) is 26.3 Å². The molecular weight excluding hydrogens is 422 g/mol. The van der Waals surface area contributed by atoms with Gasteiger partial charge >= 0.3 is 0 Å². The molecule has 4 aromatic rings. The molecule has 178 valence electrons. The third kappa shape index (κ3) is 3.73. The van der Waals surface area contributed by atoms with E-state index in [2.05, 4.69) is 69.7 Å². The highest BCUT2D eigenvalue weighted by Gasteiger charge is 2.28. The summed E-state index contributed by atoms with van der Waals surface area (Å²) in [5.74, 6) is 1.05. The molecule has 3 aromatic heterocycles. The number of piperidine rings is 1. The fourth-order valence-electron chi connectivity index (χ4n) is 6.26. The second kappa shape index (κ2) is 8.82. The van der Waals surface area contributed by atoms with E-state index in [0.29, 0.717) is 11.8 Å². The van der Waals surface area contributed by atoms with Crippen molar-refractivity contribution in [3.05, 3.63) is 48.0 Å². The van der Waals surface area contributed by atoms with Gasteiger partial charge in [-0.25, -0.2) is 9.97 Å². The molecule has 6 nitrogen and oxygen atoms in total. The molecule has 0 aliphatic carbocycles. The molecule has 2 aliphatic rings. The van der Waals surface area contributed by atoms with Crippen LogP contribution in [0.1, 0.15) is 62.5 Å². The van der Waals surface area contributed by atoms with Crippen molar-refractivity contribution >= 4 is 21.9 Å². The van der Waals surface area contributed by atoms with Crippen LogP contribution < -0.4 is 0 Å². The highest BCUT2D eigenvalue weighted by molar-refractivity contribution is 5.99. The predicted molar refractivity (Wildman–Crippen MR) is 137 cm³/mol. The highest BCUT2D eigenvalue weighted by Crippen LogP contribution is 2.40. The van der Waals surface area contributed by atoms with E-state index in [1.54, 1.807) is 6.33 Å². The Hall–Kier alpha value is -2.70. The molecule has 0 unspecified atom stereocenters. The molecule has 34 heavy (non-hydrogen) atoms. The molecule has 0 amide bonds. The zero-order valence-corrected chi connectivity index (χ0v) is 20.6. The van der Waals surface area contributed by atoms with Crippen LogP contribution in [0.5, 0.6) is 0 Å². The van der Waals surface area contributed by atoms with Crippen LogP contribution in [0.3, 0.4) is 0 Å². The van der Waals surface area contributed by atoms with Crippen molar-refractivity contribution in [2.45, 2.75) is 57.4 Å². The van der Waals surface area contributed by atoms with Crippen LogP contribution in [0.4, 0.5) is 0 Å². The number of likely N-dealkylation sites (tertiary alicyclic amines) is 1. The van der Waals surface area contributed by atoms with Crippen LogP contribution in [-0.2, 0) is 11.8 Å². The van der Waals surface area contributed by atoms with Crippen molar-refractivity contribution in [1.82, 2.24) is 24.4 Å². The molecule has 0 bridgehead atoms. The van der Waals surface area contributed by atoms with Crippen LogP contribution in [0.25, 0.3) is 33.2 Å². The maximum absolute atomic E-state index is 5.57. The maximum Gasteiger partial charge on any atom is 0.143 e. The van der Waals surface area contributed by atoms with Gasteiger partial charge in [0.05, 0.1) is 5.69 Å². The number of nitrogens with zero attached hydrogens (tertiary/aromatic N) is 4. The van der Waals surface area contributed by atoms with Gasteiger partial charge in [-0.1, -0.05) is 19.9 Å². The number of fused-ring (bicyclic) bond motifs is 2. The first-order valence-corrected chi connectivity index (χ1v) is 12.8. The summed E-state index contributed by atoms with van der Waals surface area (Å²) in [4.78, 5) is 15.3. The number of H-pyrrole nitrogens is 1. The number of ether oxygens (including phenoxy) is 1. The maximum atomic E-state index is 5.57. The Morgan fingerprint density at radius 1 is 1.06 bits per heavy atom. The number of hydrogen-bond donors (Lipinski definition) is 1. The van der Waals surface area contributed by atoms with Gasteiger partial charge in [-0.15, -0.1) is 0 Å². The van der Waals surface area contributed by atoms with Gasteiger partial charge in [0, 0.05) is 60.5 Å². The van der Waals surface area contributed by atoms with Crippen molar-refractivity contribution in [2.24, 2.45) is 7.05 Å². The summed E-state index contributed by atoms with van der Waals surface area (Å²) in [5, 5.41) is 2.46. The van der Waals surface area contributed by atoms with E-state index in [4.69, 9.17) is 4.74 Å².